The fraction of sp³-hybridized carbons (Fsp3) is 0.500. The van der Waals surface area contributed by atoms with Gasteiger partial charge in [0.2, 0.25) is 6.41 Å². The quantitative estimate of drug-likeness (QED) is 0.337. The second-order valence-electron chi connectivity index (χ2n) is 2.34. The summed E-state index contributed by atoms with van der Waals surface area (Å²) in [4.78, 5) is 22.4. The third-order valence-electron chi connectivity index (χ3n) is 1.18. The van der Waals surface area contributed by atoms with Crippen molar-refractivity contribution in [1.82, 2.24) is 4.90 Å². The Labute approximate surface area is 71.8 Å². The number of hydrogen-bond acceptors (Lipinski definition) is 3. The van der Waals surface area contributed by atoms with Crippen LogP contribution in [0, 0.1) is 0 Å². The Bertz CT molecular complexity index is 189. The fourth-order valence-electron chi connectivity index (χ4n) is 0.636. The molecule has 0 N–H and O–H groups in total. The summed E-state index contributed by atoms with van der Waals surface area (Å²) in [5.41, 5.74) is 0.284. The Balaban J connectivity index is 3.86. The standard InChI is InChI=1S/C8H13NO3/c1-4-12-8(11)7(2)5-9(3)6-10/h6H,2,4-5H2,1,3H3. The molecule has 4 nitrogen and oxygen atoms in total. The van der Waals surface area contributed by atoms with Crippen molar-refractivity contribution < 1.29 is 14.3 Å². The molecule has 0 bridgehead atoms. The van der Waals surface area contributed by atoms with Crippen LogP contribution in [0.1, 0.15) is 6.92 Å². The topological polar surface area (TPSA) is 46.6 Å². The number of rotatable bonds is 5. The van der Waals surface area contributed by atoms with Crippen LogP contribution >= 0.6 is 0 Å². The van der Waals surface area contributed by atoms with Crippen molar-refractivity contribution in [2.45, 2.75) is 6.92 Å². The van der Waals surface area contributed by atoms with E-state index in [1.165, 1.54) is 4.90 Å². The maximum atomic E-state index is 10.9. The van der Waals surface area contributed by atoms with Gasteiger partial charge in [0.15, 0.2) is 0 Å². The van der Waals surface area contributed by atoms with Crippen molar-refractivity contribution in [3.05, 3.63) is 12.2 Å². The van der Waals surface area contributed by atoms with Crippen molar-refractivity contribution in [1.29, 1.82) is 0 Å². The van der Waals surface area contributed by atoms with E-state index in [2.05, 4.69) is 11.3 Å². The highest BCUT2D eigenvalue weighted by atomic mass is 16.5. The molecule has 0 aromatic rings. The molecule has 0 aromatic heterocycles. The van der Waals surface area contributed by atoms with Crippen LogP contribution in [-0.2, 0) is 14.3 Å². The zero-order chi connectivity index (χ0) is 9.56. The van der Waals surface area contributed by atoms with Crippen LogP contribution < -0.4 is 0 Å². The van der Waals surface area contributed by atoms with E-state index in [1.54, 1.807) is 14.0 Å². The van der Waals surface area contributed by atoms with E-state index in [0.717, 1.165) is 0 Å². The second kappa shape index (κ2) is 5.35. The van der Waals surface area contributed by atoms with Gasteiger partial charge < -0.3 is 9.64 Å². The van der Waals surface area contributed by atoms with Crippen LogP contribution in [0.4, 0.5) is 0 Å². The SMILES string of the molecule is C=C(CN(C)C=O)C(=O)OCC. The third kappa shape index (κ3) is 3.75. The van der Waals surface area contributed by atoms with E-state index >= 15 is 0 Å². The number of carbonyl (C=O) groups excluding carboxylic acids is 2. The minimum absolute atomic E-state index is 0.211. The van der Waals surface area contributed by atoms with E-state index in [1.807, 2.05) is 0 Å². The normalized spacial score (nSPS) is 8.83. The second-order valence-corrected chi connectivity index (χ2v) is 2.34. The van der Waals surface area contributed by atoms with Gasteiger partial charge in [0, 0.05) is 12.6 Å². The highest BCUT2D eigenvalue weighted by Gasteiger charge is 2.08. The predicted octanol–water partition coefficient (Wildman–Crippen LogP) is 0.194. The monoisotopic (exact) mass is 171 g/mol. The molecule has 0 saturated heterocycles. The van der Waals surface area contributed by atoms with Gasteiger partial charge in [-0.2, -0.15) is 0 Å². The Hall–Kier alpha value is -1.32. The molecule has 0 radical (unpaired) electrons. The van der Waals surface area contributed by atoms with Gasteiger partial charge in [-0.15, -0.1) is 0 Å². The van der Waals surface area contributed by atoms with Gasteiger partial charge in [-0.1, -0.05) is 6.58 Å². The van der Waals surface area contributed by atoms with Gasteiger partial charge in [-0.05, 0) is 6.92 Å². The lowest BCUT2D eigenvalue weighted by Gasteiger charge is -2.11. The van der Waals surface area contributed by atoms with E-state index < -0.39 is 5.97 Å². The van der Waals surface area contributed by atoms with Crippen LogP contribution in [0.3, 0.4) is 0 Å². The average Bonchev–Trinajstić information content (AvgIpc) is 2.04. The van der Waals surface area contributed by atoms with Gasteiger partial charge in [0.1, 0.15) is 0 Å². The maximum Gasteiger partial charge on any atom is 0.335 e. The van der Waals surface area contributed by atoms with Gasteiger partial charge >= 0.3 is 5.97 Å². The van der Waals surface area contributed by atoms with Crippen molar-refractivity contribution in [2.24, 2.45) is 0 Å². The van der Waals surface area contributed by atoms with E-state index in [0.29, 0.717) is 13.0 Å². The molecule has 0 unspecified atom stereocenters. The largest absolute Gasteiger partial charge is 0.463 e. The summed E-state index contributed by atoms with van der Waals surface area (Å²) in [6.45, 7) is 5.74. The molecule has 0 saturated carbocycles. The van der Waals surface area contributed by atoms with Crippen molar-refractivity contribution >= 4 is 12.4 Å². The molecule has 0 aliphatic heterocycles. The molecule has 0 heterocycles. The number of likely N-dealkylation sites (N-methyl/N-ethyl adjacent to an activating group) is 1. The molecule has 0 aliphatic carbocycles. The summed E-state index contributed by atoms with van der Waals surface area (Å²) in [5, 5.41) is 0. The van der Waals surface area contributed by atoms with Crippen LogP contribution in [0.2, 0.25) is 0 Å². The highest BCUT2D eigenvalue weighted by molar-refractivity contribution is 5.88. The minimum atomic E-state index is -0.453. The van der Waals surface area contributed by atoms with Gasteiger partial charge in [0.25, 0.3) is 0 Å². The van der Waals surface area contributed by atoms with Crippen molar-refractivity contribution in [3.8, 4) is 0 Å². The highest BCUT2D eigenvalue weighted by Crippen LogP contribution is 1.95. The first-order chi connectivity index (χ1) is 5.61. The summed E-state index contributed by atoms with van der Waals surface area (Å²) in [6, 6.07) is 0. The van der Waals surface area contributed by atoms with Crippen molar-refractivity contribution in [3.63, 3.8) is 0 Å². The molecule has 68 valence electrons. The van der Waals surface area contributed by atoms with Gasteiger partial charge in [-0.3, -0.25) is 4.79 Å². The Morgan fingerprint density at radius 1 is 1.67 bits per heavy atom. The molecule has 0 fully saturated rings. The molecule has 1 amide bonds. The zero-order valence-corrected chi connectivity index (χ0v) is 7.37. The van der Waals surface area contributed by atoms with Crippen molar-refractivity contribution in [2.75, 3.05) is 20.2 Å². The molecule has 0 aromatic carbocycles. The van der Waals surface area contributed by atoms with Crippen LogP contribution in [0.15, 0.2) is 12.2 Å². The number of esters is 1. The molecule has 4 heteroatoms. The summed E-state index contributed by atoms with van der Waals surface area (Å²) in [7, 11) is 1.57. The third-order valence-corrected chi connectivity index (χ3v) is 1.18. The van der Waals surface area contributed by atoms with E-state index in [4.69, 9.17) is 0 Å². The molecule has 0 atom stereocenters. The summed E-state index contributed by atoms with van der Waals surface area (Å²) in [5.74, 6) is -0.453. The Morgan fingerprint density at radius 2 is 2.25 bits per heavy atom. The van der Waals surface area contributed by atoms with Gasteiger partial charge in [-0.25, -0.2) is 4.79 Å². The van der Waals surface area contributed by atoms with Crippen LogP contribution in [0.25, 0.3) is 0 Å². The van der Waals surface area contributed by atoms with Crippen LogP contribution in [-0.4, -0.2) is 37.5 Å². The number of hydrogen-bond donors (Lipinski definition) is 0. The molecule has 0 rings (SSSR count). The number of ether oxygens (including phenoxy) is 1. The van der Waals surface area contributed by atoms with E-state index in [-0.39, 0.29) is 12.1 Å². The number of amides is 1. The fourth-order valence-corrected chi connectivity index (χ4v) is 0.636. The molecular formula is C8H13NO3. The molecular weight excluding hydrogens is 158 g/mol. The maximum absolute atomic E-state index is 10.9. The van der Waals surface area contributed by atoms with E-state index in [9.17, 15) is 9.59 Å². The lowest BCUT2D eigenvalue weighted by atomic mass is 10.3. The first kappa shape index (κ1) is 10.7. The first-order valence-corrected chi connectivity index (χ1v) is 3.62. The molecule has 0 spiro atoms. The average molecular weight is 171 g/mol. The first-order valence-electron chi connectivity index (χ1n) is 3.62. The Morgan fingerprint density at radius 3 is 2.67 bits per heavy atom. The zero-order valence-electron chi connectivity index (χ0n) is 7.37. The number of carbonyl (C=O) groups is 2. The smallest absolute Gasteiger partial charge is 0.335 e. The van der Waals surface area contributed by atoms with Gasteiger partial charge in [0.05, 0.1) is 13.2 Å². The number of nitrogens with zero attached hydrogens (tertiary/aromatic N) is 1. The lowest BCUT2D eigenvalue weighted by molar-refractivity contribution is -0.138. The molecule has 12 heavy (non-hydrogen) atoms. The lowest BCUT2D eigenvalue weighted by Crippen LogP contribution is -2.23. The summed E-state index contributed by atoms with van der Waals surface area (Å²) >= 11 is 0. The molecule has 0 aliphatic rings. The minimum Gasteiger partial charge on any atom is -0.463 e. The predicted molar refractivity (Wildman–Crippen MR) is 44.5 cm³/mol. The summed E-state index contributed by atoms with van der Waals surface area (Å²) in [6.07, 6.45) is 0.629. The Kier molecular flexibility index (Phi) is 4.76. The summed E-state index contributed by atoms with van der Waals surface area (Å²) < 4.78 is 4.67. The van der Waals surface area contributed by atoms with Crippen LogP contribution in [0.5, 0.6) is 0 Å².